The van der Waals surface area contributed by atoms with Crippen molar-refractivity contribution in [1.29, 1.82) is 0 Å². The summed E-state index contributed by atoms with van der Waals surface area (Å²) in [5, 5.41) is 17.6. The molecule has 1 aliphatic heterocycles. The van der Waals surface area contributed by atoms with Crippen LogP contribution in [0.25, 0.3) is 0 Å². The molecule has 2 heterocycles. The normalized spacial score (nSPS) is 29.9. The van der Waals surface area contributed by atoms with E-state index in [1.54, 1.807) is 0 Å². The fraction of sp³-hybridized carbons (Fsp3) is 0.400. The largest absolute Gasteiger partial charge is 0.395 e. The van der Waals surface area contributed by atoms with Crippen LogP contribution in [0.4, 0.5) is 10.2 Å². The van der Waals surface area contributed by atoms with Crippen molar-refractivity contribution in [3.63, 3.8) is 0 Å². The minimum absolute atomic E-state index is 0.0349. The second-order valence-corrected chi connectivity index (χ2v) is 5.13. The highest BCUT2D eigenvalue weighted by Crippen LogP contribution is 2.44. The Balaban J connectivity index is 2.41. The number of nitrogens with two attached hydrogens (primary N) is 1. The van der Waals surface area contributed by atoms with E-state index in [0.717, 1.165) is 11.8 Å². The van der Waals surface area contributed by atoms with Crippen LogP contribution in [-0.4, -0.2) is 37.7 Å². The molecule has 2 rings (SSSR count). The minimum atomic E-state index is -1.13. The molecule has 3 atom stereocenters. The number of hydrogen-bond donors (Lipinski definition) is 3. The average molecular weight is 273 g/mol. The summed E-state index contributed by atoms with van der Waals surface area (Å²) < 4.78 is 14.0. The summed E-state index contributed by atoms with van der Waals surface area (Å²) in [6, 6.07) is 1.41. The van der Waals surface area contributed by atoms with Crippen LogP contribution in [0.15, 0.2) is 29.0 Å². The SMILES string of the molecule is Nc1ccn([C@@H]2S[C@H](CO)C(O)/C2=C/F)c(=O)n1. The Kier molecular flexibility index (Phi) is 3.69. The van der Waals surface area contributed by atoms with E-state index in [0.29, 0.717) is 0 Å². The molecule has 8 heteroatoms. The Bertz CT molecular complexity index is 533. The fourth-order valence-electron chi connectivity index (χ4n) is 1.77. The maximum atomic E-state index is 12.8. The van der Waals surface area contributed by atoms with Gasteiger partial charge in [0.2, 0.25) is 0 Å². The van der Waals surface area contributed by atoms with Crippen LogP contribution in [-0.2, 0) is 0 Å². The molecular formula is C10H12FN3O3S. The van der Waals surface area contributed by atoms with Crippen LogP contribution in [0.5, 0.6) is 0 Å². The number of thioether (sulfide) groups is 1. The van der Waals surface area contributed by atoms with Crippen LogP contribution < -0.4 is 11.4 Å². The van der Waals surface area contributed by atoms with Gasteiger partial charge < -0.3 is 15.9 Å². The van der Waals surface area contributed by atoms with E-state index in [-0.39, 0.29) is 24.3 Å². The fourth-order valence-corrected chi connectivity index (χ4v) is 3.13. The van der Waals surface area contributed by atoms with Gasteiger partial charge >= 0.3 is 5.69 Å². The molecule has 1 aromatic rings. The molecular weight excluding hydrogens is 261 g/mol. The topological polar surface area (TPSA) is 101 Å². The molecule has 18 heavy (non-hydrogen) atoms. The van der Waals surface area contributed by atoms with E-state index in [9.17, 15) is 14.3 Å². The molecule has 1 unspecified atom stereocenters. The van der Waals surface area contributed by atoms with Gasteiger partial charge in [0.15, 0.2) is 0 Å². The lowest BCUT2D eigenvalue weighted by Crippen LogP contribution is -2.26. The van der Waals surface area contributed by atoms with Crippen LogP contribution in [0.2, 0.25) is 0 Å². The van der Waals surface area contributed by atoms with Crippen LogP contribution >= 0.6 is 11.8 Å². The first-order valence-corrected chi connectivity index (χ1v) is 6.12. The van der Waals surface area contributed by atoms with Crippen molar-refractivity contribution >= 4 is 17.6 Å². The zero-order valence-corrected chi connectivity index (χ0v) is 10.0. The molecule has 1 fully saturated rings. The van der Waals surface area contributed by atoms with E-state index in [2.05, 4.69) is 4.98 Å². The van der Waals surface area contributed by atoms with Gasteiger partial charge in [0.25, 0.3) is 0 Å². The van der Waals surface area contributed by atoms with E-state index in [1.807, 2.05) is 0 Å². The van der Waals surface area contributed by atoms with Gasteiger partial charge in [0.05, 0.1) is 24.3 Å². The van der Waals surface area contributed by atoms with E-state index in [1.165, 1.54) is 16.8 Å². The third-order valence-corrected chi connectivity index (χ3v) is 4.21. The number of aromatic nitrogens is 2. The predicted octanol–water partition coefficient (Wildman–Crippen LogP) is -0.354. The van der Waals surface area contributed by atoms with Crippen molar-refractivity contribution in [3.8, 4) is 0 Å². The number of hydrogen-bond acceptors (Lipinski definition) is 6. The van der Waals surface area contributed by atoms with Gasteiger partial charge in [0, 0.05) is 11.8 Å². The average Bonchev–Trinajstić information content (AvgIpc) is 2.65. The number of nitrogens with zero attached hydrogens (tertiary/aromatic N) is 2. The minimum Gasteiger partial charge on any atom is -0.395 e. The van der Waals surface area contributed by atoms with Crippen molar-refractivity contribution in [2.75, 3.05) is 12.3 Å². The van der Waals surface area contributed by atoms with Gasteiger partial charge in [-0.1, -0.05) is 0 Å². The highest BCUT2D eigenvalue weighted by atomic mass is 32.2. The molecule has 0 spiro atoms. The summed E-state index contributed by atoms with van der Waals surface area (Å²) >= 11 is 1.10. The molecule has 1 saturated heterocycles. The number of aliphatic hydroxyl groups is 2. The van der Waals surface area contributed by atoms with Crippen LogP contribution in [0.3, 0.4) is 0 Å². The number of halogens is 1. The Labute approximate surface area is 106 Å². The molecule has 0 aromatic carbocycles. The molecule has 0 radical (unpaired) electrons. The van der Waals surface area contributed by atoms with Crippen molar-refractivity contribution in [2.45, 2.75) is 16.7 Å². The van der Waals surface area contributed by atoms with Gasteiger partial charge in [-0.15, -0.1) is 11.8 Å². The molecule has 6 nitrogen and oxygen atoms in total. The molecule has 0 bridgehead atoms. The van der Waals surface area contributed by atoms with Crippen molar-refractivity contribution in [3.05, 3.63) is 34.7 Å². The van der Waals surface area contributed by atoms with E-state index in [4.69, 9.17) is 10.8 Å². The first kappa shape index (κ1) is 13.1. The van der Waals surface area contributed by atoms with Gasteiger partial charge in [-0.2, -0.15) is 4.98 Å². The molecule has 0 amide bonds. The van der Waals surface area contributed by atoms with Gasteiger partial charge in [-0.25, -0.2) is 9.18 Å². The first-order chi connectivity index (χ1) is 8.58. The molecule has 1 aliphatic rings. The lowest BCUT2D eigenvalue weighted by molar-refractivity contribution is 0.170. The van der Waals surface area contributed by atoms with E-state index < -0.39 is 22.4 Å². The molecule has 4 N–H and O–H groups in total. The Morgan fingerprint density at radius 2 is 2.39 bits per heavy atom. The first-order valence-electron chi connectivity index (χ1n) is 5.17. The third kappa shape index (κ3) is 2.14. The Morgan fingerprint density at radius 3 is 2.94 bits per heavy atom. The highest BCUT2D eigenvalue weighted by Gasteiger charge is 2.39. The van der Waals surface area contributed by atoms with Gasteiger partial charge in [-0.3, -0.25) is 4.57 Å². The number of nitrogen functional groups attached to an aromatic ring is 1. The number of rotatable bonds is 2. The zero-order valence-electron chi connectivity index (χ0n) is 9.23. The molecule has 98 valence electrons. The summed E-state index contributed by atoms with van der Waals surface area (Å²) in [6.07, 6.45) is 0.526. The summed E-state index contributed by atoms with van der Waals surface area (Å²) in [6.45, 7) is -0.309. The second-order valence-electron chi connectivity index (χ2n) is 3.81. The smallest absolute Gasteiger partial charge is 0.350 e. The van der Waals surface area contributed by atoms with Gasteiger partial charge in [-0.05, 0) is 6.07 Å². The Hall–Kier alpha value is -1.38. The monoisotopic (exact) mass is 273 g/mol. The standard InChI is InChI=1S/C10H12FN3O3S/c11-3-5-8(16)6(4-15)18-9(5)14-2-1-7(12)13-10(14)17/h1-3,6,8-9,15-16H,4H2,(H2,12,13,17)/b5-3-/t6-,8?,9-/m1/s1. The molecule has 0 aliphatic carbocycles. The quantitative estimate of drug-likeness (QED) is 0.680. The summed E-state index contributed by atoms with van der Waals surface area (Å²) in [7, 11) is 0. The summed E-state index contributed by atoms with van der Waals surface area (Å²) in [5.74, 6) is 0.0734. The van der Waals surface area contributed by atoms with Crippen molar-refractivity contribution in [2.24, 2.45) is 0 Å². The van der Waals surface area contributed by atoms with Crippen molar-refractivity contribution in [1.82, 2.24) is 9.55 Å². The van der Waals surface area contributed by atoms with Gasteiger partial charge in [0.1, 0.15) is 11.2 Å². The lowest BCUT2D eigenvalue weighted by Gasteiger charge is -2.13. The highest BCUT2D eigenvalue weighted by molar-refractivity contribution is 8.00. The molecule has 0 saturated carbocycles. The maximum Gasteiger partial charge on any atom is 0.350 e. The summed E-state index contributed by atoms with van der Waals surface area (Å²) in [5.41, 5.74) is 4.77. The lowest BCUT2D eigenvalue weighted by atomic mass is 10.1. The summed E-state index contributed by atoms with van der Waals surface area (Å²) in [4.78, 5) is 15.2. The zero-order chi connectivity index (χ0) is 13.3. The predicted molar refractivity (Wildman–Crippen MR) is 65.6 cm³/mol. The van der Waals surface area contributed by atoms with Crippen molar-refractivity contribution < 1.29 is 14.6 Å². The Morgan fingerprint density at radius 1 is 1.67 bits per heavy atom. The third-order valence-electron chi connectivity index (χ3n) is 2.69. The second kappa shape index (κ2) is 5.09. The maximum absolute atomic E-state index is 12.8. The molecule has 1 aromatic heterocycles. The number of aliphatic hydroxyl groups excluding tert-OH is 2. The van der Waals surface area contributed by atoms with E-state index >= 15 is 0 Å². The van der Waals surface area contributed by atoms with Crippen LogP contribution in [0.1, 0.15) is 5.37 Å². The number of anilines is 1. The van der Waals surface area contributed by atoms with Crippen LogP contribution in [0, 0.1) is 0 Å².